The molecule has 0 saturated carbocycles. The van der Waals surface area contributed by atoms with Gasteiger partial charge in [-0.3, -0.25) is 4.99 Å². The number of sulfone groups is 1. The Morgan fingerprint density at radius 1 is 1.32 bits per heavy atom. The molecule has 1 aromatic heterocycles. The highest BCUT2D eigenvalue weighted by molar-refractivity contribution is 14.0. The Balaban J connectivity index is 0.00000441. The first-order valence-electron chi connectivity index (χ1n) is 6.87. The van der Waals surface area contributed by atoms with E-state index in [2.05, 4.69) is 34.0 Å². The zero-order valence-electron chi connectivity index (χ0n) is 13.8. The van der Waals surface area contributed by atoms with Gasteiger partial charge in [-0.1, -0.05) is 0 Å². The van der Waals surface area contributed by atoms with Crippen LogP contribution >= 0.6 is 35.3 Å². The lowest BCUT2D eigenvalue weighted by atomic mass is 10.3. The number of thiophene rings is 1. The van der Waals surface area contributed by atoms with Gasteiger partial charge >= 0.3 is 0 Å². The van der Waals surface area contributed by atoms with Gasteiger partial charge < -0.3 is 10.6 Å². The smallest absolute Gasteiger partial charge is 0.191 e. The van der Waals surface area contributed by atoms with Crippen molar-refractivity contribution in [3.8, 4) is 0 Å². The van der Waals surface area contributed by atoms with Crippen LogP contribution in [0.1, 0.15) is 31.2 Å². The Morgan fingerprint density at radius 3 is 2.41 bits per heavy atom. The highest BCUT2D eigenvalue weighted by atomic mass is 127. The molecule has 1 rings (SSSR count). The zero-order chi connectivity index (χ0) is 16.1. The molecule has 0 aliphatic carbocycles. The molecule has 0 spiro atoms. The number of hydrogen-bond acceptors (Lipinski definition) is 4. The van der Waals surface area contributed by atoms with Crippen molar-refractivity contribution in [2.75, 3.05) is 19.3 Å². The maximum Gasteiger partial charge on any atom is 0.191 e. The number of rotatable bonds is 5. The largest absolute Gasteiger partial charge is 0.355 e. The Morgan fingerprint density at radius 2 is 1.95 bits per heavy atom. The van der Waals surface area contributed by atoms with Crippen LogP contribution in [-0.2, 0) is 16.4 Å². The van der Waals surface area contributed by atoms with Crippen molar-refractivity contribution in [2.45, 2.75) is 39.0 Å². The minimum absolute atomic E-state index is 0. The van der Waals surface area contributed by atoms with E-state index >= 15 is 0 Å². The average Bonchev–Trinajstić information content (AvgIpc) is 2.77. The molecular weight excluding hydrogens is 433 g/mol. The van der Waals surface area contributed by atoms with Crippen molar-refractivity contribution in [1.82, 2.24) is 10.6 Å². The van der Waals surface area contributed by atoms with E-state index in [1.807, 2.05) is 0 Å². The second-order valence-electron chi connectivity index (χ2n) is 5.81. The summed E-state index contributed by atoms with van der Waals surface area (Å²) in [5.41, 5.74) is 1.25. The number of aryl methyl sites for hydroxylation is 1. The highest BCUT2D eigenvalue weighted by Gasteiger charge is 2.28. The Kier molecular flexibility index (Phi) is 8.93. The number of nitrogens with one attached hydrogen (secondary N) is 2. The van der Waals surface area contributed by atoms with Gasteiger partial charge in [0.05, 0.1) is 17.0 Å². The van der Waals surface area contributed by atoms with E-state index in [4.69, 9.17) is 0 Å². The van der Waals surface area contributed by atoms with Crippen molar-refractivity contribution >= 4 is 51.1 Å². The molecule has 1 heterocycles. The molecule has 5 nitrogen and oxygen atoms in total. The van der Waals surface area contributed by atoms with E-state index in [1.165, 1.54) is 10.4 Å². The van der Waals surface area contributed by atoms with Gasteiger partial charge in [0, 0.05) is 18.5 Å². The lowest BCUT2D eigenvalue weighted by Crippen LogP contribution is -2.41. The van der Waals surface area contributed by atoms with Crippen LogP contribution in [0.25, 0.3) is 0 Å². The molecule has 8 heteroatoms. The predicted octanol–water partition coefficient (Wildman–Crippen LogP) is 2.55. The molecule has 22 heavy (non-hydrogen) atoms. The summed E-state index contributed by atoms with van der Waals surface area (Å²) >= 11 is 1.69. The third-order valence-corrected chi connectivity index (χ3v) is 6.84. The fourth-order valence-corrected chi connectivity index (χ4v) is 3.41. The number of halogens is 1. The highest BCUT2D eigenvalue weighted by Crippen LogP contribution is 2.15. The van der Waals surface area contributed by atoms with Gasteiger partial charge in [-0.05, 0) is 44.7 Å². The summed E-state index contributed by atoms with van der Waals surface area (Å²) in [5, 5.41) is 8.29. The number of nitrogens with zero attached hydrogens (tertiary/aromatic N) is 1. The van der Waals surface area contributed by atoms with Crippen LogP contribution in [0.3, 0.4) is 0 Å². The minimum Gasteiger partial charge on any atom is -0.355 e. The molecule has 0 aliphatic heterocycles. The summed E-state index contributed by atoms with van der Waals surface area (Å²) < 4.78 is 23.3. The number of aliphatic imine (C=N–C) groups is 1. The first-order chi connectivity index (χ1) is 9.67. The Hall–Kier alpha value is -0.350. The number of guanidine groups is 1. The van der Waals surface area contributed by atoms with E-state index < -0.39 is 14.6 Å². The standard InChI is InChI=1S/C14H25N3O2S2.HI/c1-11-6-8-20-12(11)10-17-13(15-5)16-7-9-21(18,19)14(2,3)4;/h6,8H,7,9-10H2,1-5H3,(H2,15,16,17);1H. The van der Waals surface area contributed by atoms with Crippen molar-refractivity contribution in [3.05, 3.63) is 21.9 Å². The van der Waals surface area contributed by atoms with E-state index in [1.54, 1.807) is 39.2 Å². The van der Waals surface area contributed by atoms with Crippen molar-refractivity contribution in [1.29, 1.82) is 0 Å². The van der Waals surface area contributed by atoms with Gasteiger partial charge in [0.2, 0.25) is 0 Å². The van der Waals surface area contributed by atoms with E-state index in [-0.39, 0.29) is 29.7 Å². The normalized spacial score (nSPS) is 12.7. The van der Waals surface area contributed by atoms with Gasteiger partial charge in [-0.15, -0.1) is 35.3 Å². The lowest BCUT2D eigenvalue weighted by Gasteiger charge is -2.19. The fourth-order valence-electron chi connectivity index (χ4n) is 1.58. The molecule has 0 aromatic carbocycles. The second kappa shape index (κ2) is 9.07. The molecule has 0 amide bonds. The van der Waals surface area contributed by atoms with Gasteiger partial charge in [0.1, 0.15) is 0 Å². The molecule has 0 atom stereocenters. The van der Waals surface area contributed by atoms with Crippen LogP contribution in [0.5, 0.6) is 0 Å². The van der Waals surface area contributed by atoms with Crippen LogP contribution in [0, 0.1) is 6.92 Å². The van der Waals surface area contributed by atoms with Crippen molar-refractivity contribution in [3.63, 3.8) is 0 Å². The topological polar surface area (TPSA) is 70.6 Å². The third-order valence-electron chi connectivity index (χ3n) is 3.20. The summed E-state index contributed by atoms with van der Waals surface area (Å²) in [6.07, 6.45) is 0. The summed E-state index contributed by atoms with van der Waals surface area (Å²) in [4.78, 5) is 5.35. The Labute approximate surface area is 154 Å². The molecule has 0 radical (unpaired) electrons. The van der Waals surface area contributed by atoms with Gasteiger partial charge in [0.25, 0.3) is 0 Å². The average molecular weight is 459 g/mol. The summed E-state index contributed by atoms with van der Waals surface area (Å²) in [5.74, 6) is 0.710. The first-order valence-corrected chi connectivity index (χ1v) is 9.40. The maximum absolute atomic E-state index is 12.0. The number of hydrogen-bond donors (Lipinski definition) is 2. The van der Waals surface area contributed by atoms with Crippen LogP contribution in [0.2, 0.25) is 0 Å². The predicted molar refractivity (Wildman–Crippen MR) is 106 cm³/mol. The van der Waals surface area contributed by atoms with Crippen LogP contribution < -0.4 is 10.6 Å². The van der Waals surface area contributed by atoms with Gasteiger partial charge in [-0.25, -0.2) is 8.42 Å². The SMILES string of the molecule is CN=C(NCCS(=O)(=O)C(C)(C)C)NCc1sccc1C.I. The monoisotopic (exact) mass is 459 g/mol. The fraction of sp³-hybridized carbons (Fsp3) is 0.643. The molecule has 0 aliphatic rings. The molecule has 0 bridgehead atoms. The van der Waals surface area contributed by atoms with E-state index in [0.717, 1.165) is 0 Å². The Bertz CT molecular complexity index is 589. The minimum atomic E-state index is -3.11. The van der Waals surface area contributed by atoms with Crippen LogP contribution in [0.15, 0.2) is 16.4 Å². The molecule has 1 aromatic rings. The lowest BCUT2D eigenvalue weighted by molar-refractivity contribution is 0.559. The summed E-state index contributed by atoms with van der Waals surface area (Å²) in [7, 11) is -1.43. The second-order valence-corrected chi connectivity index (χ2v) is 9.67. The molecule has 2 N–H and O–H groups in total. The molecule has 0 unspecified atom stereocenters. The molecule has 0 fully saturated rings. The zero-order valence-corrected chi connectivity index (χ0v) is 17.7. The van der Waals surface area contributed by atoms with Gasteiger partial charge in [0.15, 0.2) is 15.8 Å². The quantitative estimate of drug-likeness (QED) is 0.404. The van der Waals surface area contributed by atoms with Gasteiger partial charge in [-0.2, -0.15) is 0 Å². The molecule has 128 valence electrons. The van der Waals surface area contributed by atoms with Crippen molar-refractivity contribution in [2.24, 2.45) is 4.99 Å². The van der Waals surface area contributed by atoms with Crippen molar-refractivity contribution < 1.29 is 8.42 Å². The summed E-state index contributed by atoms with van der Waals surface area (Å²) in [6, 6.07) is 2.08. The van der Waals surface area contributed by atoms with E-state index in [0.29, 0.717) is 19.0 Å². The van der Waals surface area contributed by atoms with Crippen LogP contribution in [0.4, 0.5) is 0 Å². The molecule has 0 saturated heterocycles. The maximum atomic E-state index is 12.0. The first kappa shape index (κ1) is 21.6. The summed E-state index contributed by atoms with van der Waals surface area (Å²) in [6.45, 7) is 8.26. The van der Waals surface area contributed by atoms with E-state index in [9.17, 15) is 8.42 Å². The molecular formula is C14H26IN3O2S2. The third kappa shape index (κ3) is 6.41. The van der Waals surface area contributed by atoms with Crippen LogP contribution in [-0.4, -0.2) is 38.5 Å².